The fraction of sp³-hybridized carbons (Fsp3) is 0.500. The van der Waals surface area contributed by atoms with Gasteiger partial charge in [0.25, 0.3) is 0 Å². The van der Waals surface area contributed by atoms with Crippen LogP contribution in [0.15, 0.2) is 0 Å². The Kier molecular flexibility index (Phi) is 9.29. The largest absolute Gasteiger partial charge is 0.183 e. The molecule has 12 heteroatoms. The van der Waals surface area contributed by atoms with Crippen molar-refractivity contribution in [3.63, 3.8) is 0 Å². The lowest BCUT2D eigenvalue weighted by molar-refractivity contribution is 0.429. The zero-order valence-electron chi connectivity index (χ0n) is 11.2. The zero-order valence-corrected chi connectivity index (χ0v) is 20.2. The average Bonchev–Trinajstić information content (AvgIpc) is 2.48. The van der Waals surface area contributed by atoms with Crippen molar-refractivity contribution >= 4 is 139 Å². The highest BCUT2D eigenvalue weighted by Gasteiger charge is 2.62. The first-order valence-electron chi connectivity index (χ1n) is 5.97. The molecule has 0 atom stereocenters. The van der Waals surface area contributed by atoms with E-state index in [2.05, 4.69) is 0 Å². The highest BCUT2D eigenvalue weighted by Crippen LogP contribution is 2.60. The lowest BCUT2D eigenvalue weighted by atomic mass is 9.97. The highest BCUT2D eigenvalue weighted by molar-refractivity contribution is 6.69. The van der Waals surface area contributed by atoms with Crippen molar-refractivity contribution in [1.29, 1.82) is 0 Å². The first-order valence-corrected chi connectivity index (χ1v) is 10.5. The van der Waals surface area contributed by atoms with Crippen LogP contribution in [0.3, 0.4) is 0 Å². The molecule has 2 rings (SSSR count). The van der Waals surface area contributed by atoms with E-state index < -0.39 is 13.0 Å². The van der Waals surface area contributed by atoms with Gasteiger partial charge >= 0.3 is 0 Å². The van der Waals surface area contributed by atoms with Crippen LogP contribution < -0.4 is 0 Å². The lowest BCUT2D eigenvalue weighted by Crippen LogP contribution is -2.52. The average molecular weight is 576 g/mol. The minimum Gasteiger partial charge on any atom is -0.0982 e. The van der Waals surface area contributed by atoms with Gasteiger partial charge in [0.05, 0.1) is 30.1 Å². The predicted octanol–water partition coefficient (Wildman–Crippen LogP) is 10.3. The Labute approximate surface area is 199 Å². The van der Waals surface area contributed by atoms with Crippen LogP contribution in [0, 0.1) is 0 Å². The fourth-order valence-electron chi connectivity index (χ4n) is 1.69. The summed E-state index contributed by atoms with van der Waals surface area (Å²) >= 11 is 69.3. The molecule has 0 aromatic heterocycles. The normalized spacial score (nSPS) is 21.0. The van der Waals surface area contributed by atoms with Crippen molar-refractivity contribution in [3.8, 4) is 0 Å². The molecular formula is C12H6Cl12. The van der Waals surface area contributed by atoms with E-state index in [1.165, 1.54) is 0 Å². The van der Waals surface area contributed by atoms with E-state index in [1.807, 2.05) is 0 Å². The molecule has 0 spiro atoms. The van der Waals surface area contributed by atoms with Gasteiger partial charge in [-0.15, -0.1) is 0 Å². The van der Waals surface area contributed by atoms with E-state index in [1.54, 1.807) is 0 Å². The van der Waals surface area contributed by atoms with Gasteiger partial charge in [-0.05, 0) is 19.3 Å². The molecule has 0 N–H and O–H groups in total. The van der Waals surface area contributed by atoms with Crippen LogP contribution in [0.1, 0.15) is 19.3 Å². The standard InChI is InChI=1S/C6H6Cl6.C6Cl6/c7-4(8)2-1-3-5(9,10)6(4,11)12;7-1-2(8)4(10)6(12)5(11)3(1)9/h1-3H2;. The van der Waals surface area contributed by atoms with Crippen LogP contribution in [0.25, 0.3) is 0 Å². The third kappa shape index (κ3) is 5.00. The Bertz CT molecular complexity index is 498. The van der Waals surface area contributed by atoms with E-state index in [4.69, 9.17) is 139 Å². The molecular weight excluding hydrogens is 570 g/mol. The van der Waals surface area contributed by atoms with Crippen LogP contribution in [0.4, 0.5) is 0 Å². The van der Waals surface area contributed by atoms with E-state index in [0.717, 1.165) is 0 Å². The van der Waals surface area contributed by atoms with Crippen LogP contribution in [0.2, 0.25) is 30.1 Å². The van der Waals surface area contributed by atoms with E-state index in [-0.39, 0.29) is 30.1 Å². The Morgan fingerprint density at radius 2 is 0.667 bits per heavy atom. The van der Waals surface area contributed by atoms with E-state index in [9.17, 15) is 0 Å². The first-order chi connectivity index (χ1) is 10.7. The summed E-state index contributed by atoms with van der Waals surface area (Å²) in [4.78, 5) is 0. The molecule has 0 aliphatic heterocycles. The maximum absolute atomic E-state index is 5.89. The molecule has 0 heterocycles. The maximum atomic E-state index is 5.89. The van der Waals surface area contributed by atoms with Crippen LogP contribution in [-0.2, 0) is 0 Å². The molecule has 1 aliphatic rings. The summed E-state index contributed by atoms with van der Waals surface area (Å²) < 4.78 is -4.08. The summed E-state index contributed by atoms with van der Waals surface area (Å²) in [5.74, 6) is 0. The molecule has 1 fully saturated rings. The molecule has 1 aliphatic carbocycles. The molecule has 0 amide bonds. The van der Waals surface area contributed by atoms with Crippen molar-refractivity contribution in [3.05, 3.63) is 30.1 Å². The third-order valence-corrected chi connectivity index (χ3v) is 9.86. The third-order valence-electron chi connectivity index (χ3n) is 3.06. The molecule has 1 aromatic rings. The minimum absolute atomic E-state index is 0.109. The summed E-state index contributed by atoms with van der Waals surface area (Å²) in [6.07, 6.45) is 1.69. The second-order valence-corrected chi connectivity index (χ2v) is 11.3. The molecule has 0 bridgehead atoms. The molecule has 1 aromatic carbocycles. The smallest absolute Gasteiger partial charge is 0.0982 e. The Hall–Kier alpha value is 2.70. The Morgan fingerprint density at radius 1 is 0.458 bits per heavy atom. The molecule has 0 saturated heterocycles. The van der Waals surface area contributed by atoms with Crippen molar-refractivity contribution in [2.75, 3.05) is 0 Å². The second kappa shape index (κ2) is 9.02. The van der Waals surface area contributed by atoms with Gasteiger partial charge < -0.3 is 0 Å². The SMILES string of the molecule is ClC1(Cl)CCCC(Cl)(Cl)C1(Cl)Cl.Clc1c(Cl)c(Cl)c(Cl)c(Cl)c1Cl. The second-order valence-electron chi connectivity index (χ2n) is 4.72. The van der Waals surface area contributed by atoms with Crippen LogP contribution in [-0.4, -0.2) is 13.0 Å². The maximum Gasteiger partial charge on any atom is 0.183 e. The van der Waals surface area contributed by atoms with Gasteiger partial charge in [-0.25, -0.2) is 0 Å². The Morgan fingerprint density at radius 3 is 0.833 bits per heavy atom. The number of benzene rings is 1. The van der Waals surface area contributed by atoms with Crippen LogP contribution >= 0.6 is 139 Å². The van der Waals surface area contributed by atoms with Gasteiger partial charge in [-0.1, -0.05) is 139 Å². The lowest BCUT2D eigenvalue weighted by Gasteiger charge is -2.45. The van der Waals surface area contributed by atoms with Gasteiger partial charge in [-0.3, -0.25) is 0 Å². The summed E-state index contributed by atoms with van der Waals surface area (Å²) in [5.41, 5.74) is 0. The summed E-state index contributed by atoms with van der Waals surface area (Å²) in [7, 11) is 0. The van der Waals surface area contributed by atoms with Crippen molar-refractivity contribution in [2.45, 2.75) is 32.3 Å². The molecule has 138 valence electrons. The Balaban J connectivity index is 0.000000240. The van der Waals surface area contributed by atoms with Gasteiger partial charge in [0.1, 0.15) is 0 Å². The zero-order chi connectivity index (χ0) is 19.1. The van der Waals surface area contributed by atoms with Crippen LogP contribution in [0.5, 0.6) is 0 Å². The van der Waals surface area contributed by atoms with Crippen molar-refractivity contribution < 1.29 is 0 Å². The van der Waals surface area contributed by atoms with E-state index >= 15 is 0 Å². The molecule has 1 saturated carbocycles. The van der Waals surface area contributed by atoms with Crippen molar-refractivity contribution in [1.82, 2.24) is 0 Å². The van der Waals surface area contributed by atoms with Gasteiger partial charge in [0.2, 0.25) is 0 Å². The van der Waals surface area contributed by atoms with E-state index in [0.29, 0.717) is 19.3 Å². The summed E-state index contributed by atoms with van der Waals surface area (Å²) in [6, 6.07) is 0. The number of halogens is 12. The minimum atomic E-state index is -1.52. The fourth-order valence-corrected chi connectivity index (χ4v) is 4.87. The quantitative estimate of drug-likeness (QED) is 0.164. The molecule has 0 unspecified atom stereocenters. The highest BCUT2D eigenvalue weighted by atomic mass is 35.5. The summed E-state index contributed by atoms with van der Waals surface area (Å²) in [6.45, 7) is 0. The first kappa shape index (κ1) is 24.7. The summed E-state index contributed by atoms with van der Waals surface area (Å²) in [5, 5.41) is 0.654. The number of rotatable bonds is 0. The number of alkyl halides is 6. The molecule has 0 nitrogen and oxygen atoms in total. The monoisotopic (exact) mass is 570 g/mol. The predicted molar refractivity (Wildman–Crippen MR) is 114 cm³/mol. The van der Waals surface area contributed by atoms with Crippen molar-refractivity contribution in [2.24, 2.45) is 0 Å². The van der Waals surface area contributed by atoms with Gasteiger partial charge in [0.15, 0.2) is 13.0 Å². The number of hydrogen-bond donors (Lipinski definition) is 0. The van der Waals surface area contributed by atoms with Gasteiger partial charge in [0, 0.05) is 0 Å². The molecule has 24 heavy (non-hydrogen) atoms. The van der Waals surface area contributed by atoms with Gasteiger partial charge in [-0.2, -0.15) is 0 Å². The number of hydrogen-bond acceptors (Lipinski definition) is 0. The topological polar surface area (TPSA) is 0 Å². The molecule has 0 radical (unpaired) electrons.